The summed E-state index contributed by atoms with van der Waals surface area (Å²) in [5, 5.41) is 5.68. The SMILES string of the molecule is Cc1nc(NC(=O)c2ccc(NC3=C(Cl)C(=O)N(c4ccccc4F)C3=O)cc2)sc1C. The number of nitrogens with one attached hydrogen (secondary N) is 2. The molecule has 0 bridgehead atoms. The molecule has 0 saturated carbocycles. The van der Waals surface area contributed by atoms with Crippen molar-refractivity contribution in [2.75, 3.05) is 15.5 Å². The van der Waals surface area contributed by atoms with Gasteiger partial charge in [-0.05, 0) is 50.2 Å². The zero-order chi connectivity index (χ0) is 23.0. The molecule has 7 nitrogen and oxygen atoms in total. The lowest BCUT2D eigenvalue weighted by Gasteiger charge is -2.15. The van der Waals surface area contributed by atoms with Crippen LogP contribution in [0.4, 0.5) is 20.9 Å². The Bertz CT molecular complexity index is 1270. The molecule has 4 rings (SSSR count). The number of anilines is 3. The monoisotopic (exact) mass is 470 g/mol. The first-order chi connectivity index (χ1) is 15.3. The number of amides is 3. The van der Waals surface area contributed by atoms with E-state index in [-0.39, 0.29) is 22.3 Å². The minimum Gasteiger partial charge on any atom is -0.350 e. The summed E-state index contributed by atoms with van der Waals surface area (Å²) in [6.45, 7) is 3.79. The molecule has 3 aromatic rings. The van der Waals surface area contributed by atoms with Crippen LogP contribution >= 0.6 is 22.9 Å². The number of hydrogen-bond donors (Lipinski definition) is 2. The van der Waals surface area contributed by atoms with Crippen molar-refractivity contribution < 1.29 is 18.8 Å². The van der Waals surface area contributed by atoms with Crippen LogP contribution in [-0.2, 0) is 9.59 Å². The number of aromatic nitrogens is 1. The van der Waals surface area contributed by atoms with Gasteiger partial charge in [0.15, 0.2) is 5.13 Å². The third kappa shape index (κ3) is 4.00. The standard InChI is InChI=1S/C22H16ClFN4O3S/c1-11-12(2)32-22(25-11)27-19(29)13-7-9-14(10-8-13)26-18-17(23)20(30)28(21(18)31)16-6-4-3-5-15(16)24/h3-10,26H,1-2H3,(H,25,27,29). The summed E-state index contributed by atoms with van der Waals surface area (Å²) in [6.07, 6.45) is 0. The first kappa shape index (κ1) is 21.7. The molecule has 0 aliphatic carbocycles. The summed E-state index contributed by atoms with van der Waals surface area (Å²) < 4.78 is 14.1. The molecule has 0 spiro atoms. The van der Waals surface area contributed by atoms with E-state index in [0.29, 0.717) is 21.3 Å². The number of nitrogens with zero attached hydrogens (tertiary/aromatic N) is 2. The van der Waals surface area contributed by atoms with E-state index in [1.54, 1.807) is 24.3 Å². The third-order valence-corrected chi connectivity index (χ3v) is 6.13. The Morgan fingerprint density at radius 1 is 1.06 bits per heavy atom. The number of carbonyl (C=O) groups excluding carboxylic acids is 3. The third-order valence-electron chi connectivity index (χ3n) is 4.79. The second kappa shape index (κ2) is 8.52. The average Bonchev–Trinajstić information content (AvgIpc) is 3.19. The van der Waals surface area contributed by atoms with Gasteiger partial charge in [-0.3, -0.25) is 19.7 Å². The molecule has 32 heavy (non-hydrogen) atoms. The van der Waals surface area contributed by atoms with E-state index in [9.17, 15) is 18.8 Å². The highest BCUT2D eigenvalue weighted by atomic mass is 35.5. The van der Waals surface area contributed by atoms with Crippen molar-refractivity contribution in [1.29, 1.82) is 0 Å². The lowest BCUT2D eigenvalue weighted by Crippen LogP contribution is -2.33. The van der Waals surface area contributed by atoms with Crippen molar-refractivity contribution in [2.24, 2.45) is 0 Å². The van der Waals surface area contributed by atoms with Crippen LogP contribution in [0.5, 0.6) is 0 Å². The highest BCUT2D eigenvalue weighted by molar-refractivity contribution is 7.15. The van der Waals surface area contributed by atoms with Crippen LogP contribution in [0.3, 0.4) is 0 Å². The Morgan fingerprint density at radius 3 is 2.38 bits per heavy atom. The molecule has 2 heterocycles. The number of imide groups is 1. The molecule has 1 aliphatic heterocycles. The number of aryl methyl sites for hydroxylation is 2. The first-order valence-electron chi connectivity index (χ1n) is 9.42. The van der Waals surface area contributed by atoms with Gasteiger partial charge in [-0.1, -0.05) is 23.7 Å². The van der Waals surface area contributed by atoms with Crippen molar-refractivity contribution >= 4 is 57.2 Å². The maximum atomic E-state index is 14.1. The van der Waals surface area contributed by atoms with Gasteiger partial charge in [0, 0.05) is 16.1 Å². The van der Waals surface area contributed by atoms with Gasteiger partial charge >= 0.3 is 0 Å². The van der Waals surface area contributed by atoms with Crippen molar-refractivity contribution in [3.05, 3.63) is 81.2 Å². The van der Waals surface area contributed by atoms with Gasteiger partial charge < -0.3 is 5.32 Å². The summed E-state index contributed by atoms with van der Waals surface area (Å²) in [4.78, 5) is 43.6. The van der Waals surface area contributed by atoms with Gasteiger partial charge in [-0.2, -0.15) is 0 Å². The highest BCUT2D eigenvalue weighted by Gasteiger charge is 2.40. The molecule has 1 aliphatic rings. The summed E-state index contributed by atoms with van der Waals surface area (Å²) in [7, 11) is 0. The van der Waals surface area contributed by atoms with Crippen LogP contribution < -0.4 is 15.5 Å². The minimum atomic E-state index is -0.825. The number of para-hydroxylation sites is 1. The van der Waals surface area contributed by atoms with Gasteiger partial charge in [0.25, 0.3) is 17.7 Å². The fourth-order valence-corrected chi connectivity index (χ4v) is 4.03. The maximum absolute atomic E-state index is 14.1. The Morgan fingerprint density at radius 2 is 1.75 bits per heavy atom. The molecule has 0 unspecified atom stereocenters. The van der Waals surface area contributed by atoms with Crippen molar-refractivity contribution in [2.45, 2.75) is 13.8 Å². The number of thiazole rings is 1. The van der Waals surface area contributed by atoms with E-state index in [0.717, 1.165) is 16.6 Å². The van der Waals surface area contributed by atoms with Crippen LogP contribution in [0.1, 0.15) is 20.9 Å². The van der Waals surface area contributed by atoms with Gasteiger partial charge in [0.05, 0.1) is 11.4 Å². The Balaban J connectivity index is 1.49. The first-order valence-corrected chi connectivity index (χ1v) is 10.6. The van der Waals surface area contributed by atoms with E-state index in [1.807, 2.05) is 13.8 Å². The number of carbonyl (C=O) groups is 3. The Kier molecular flexibility index (Phi) is 5.77. The molecule has 3 amide bonds. The zero-order valence-corrected chi connectivity index (χ0v) is 18.5. The van der Waals surface area contributed by atoms with E-state index in [4.69, 9.17) is 11.6 Å². The normalized spacial score (nSPS) is 13.7. The molecule has 2 aromatic carbocycles. The quantitative estimate of drug-likeness (QED) is 0.532. The van der Waals surface area contributed by atoms with Gasteiger partial charge in [-0.25, -0.2) is 14.3 Å². The van der Waals surface area contributed by atoms with E-state index < -0.39 is 17.6 Å². The van der Waals surface area contributed by atoms with Gasteiger partial charge in [-0.15, -0.1) is 11.3 Å². The second-order valence-corrected chi connectivity index (χ2v) is 8.48. The van der Waals surface area contributed by atoms with Crippen molar-refractivity contribution in [3.63, 3.8) is 0 Å². The fraction of sp³-hybridized carbons (Fsp3) is 0.0909. The molecule has 0 radical (unpaired) electrons. The molecule has 10 heteroatoms. The Labute approximate surface area is 191 Å². The molecular weight excluding hydrogens is 455 g/mol. The summed E-state index contributed by atoms with van der Waals surface area (Å²) in [6, 6.07) is 11.7. The minimum absolute atomic E-state index is 0.175. The molecule has 162 valence electrons. The van der Waals surface area contributed by atoms with Gasteiger partial charge in [0.2, 0.25) is 0 Å². The summed E-state index contributed by atoms with van der Waals surface area (Å²) in [5.41, 5.74) is 1.30. The fourth-order valence-electron chi connectivity index (χ4n) is 3.01. The summed E-state index contributed by atoms with van der Waals surface area (Å²) >= 11 is 7.45. The largest absolute Gasteiger partial charge is 0.350 e. The van der Waals surface area contributed by atoms with Crippen LogP contribution in [0.2, 0.25) is 0 Å². The predicted molar refractivity (Wildman–Crippen MR) is 121 cm³/mol. The lowest BCUT2D eigenvalue weighted by atomic mass is 10.2. The highest BCUT2D eigenvalue weighted by Crippen LogP contribution is 2.31. The zero-order valence-electron chi connectivity index (χ0n) is 16.9. The smallest absolute Gasteiger partial charge is 0.283 e. The van der Waals surface area contributed by atoms with Crippen LogP contribution in [-0.4, -0.2) is 22.7 Å². The van der Waals surface area contributed by atoms with Crippen LogP contribution in [0.25, 0.3) is 0 Å². The van der Waals surface area contributed by atoms with Crippen LogP contribution in [0, 0.1) is 19.7 Å². The number of halogens is 2. The predicted octanol–water partition coefficient (Wildman–Crippen LogP) is 4.59. The van der Waals surface area contributed by atoms with E-state index >= 15 is 0 Å². The molecule has 2 N–H and O–H groups in total. The molecule has 0 saturated heterocycles. The van der Waals surface area contributed by atoms with Gasteiger partial charge in [0.1, 0.15) is 16.5 Å². The second-order valence-electron chi connectivity index (χ2n) is 6.90. The number of hydrogen-bond acceptors (Lipinski definition) is 6. The number of benzene rings is 2. The number of rotatable bonds is 5. The molecule has 0 fully saturated rings. The molecule has 0 atom stereocenters. The van der Waals surface area contributed by atoms with Crippen LogP contribution in [0.15, 0.2) is 59.3 Å². The summed E-state index contributed by atoms with van der Waals surface area (Å²) in [5.74, 6) is -2.66. The lowest BCUT2D eigenvalue weighted by molar-refractivity contribution is -0.120. The Hall–Kier alpha value is -3.56. The topological polar surface area (TPSA) is 91.4 Å². The maximum Gasteiger partial charge on any atom is 0.283 e. The average molecular weight is 471 g/mol. The van der Waals surface area contributed by atoms with E-state index in [2.05, 4.69) is 15.6 Å². The van der Waals surface area contributed by atoms with Crippen molar-refractivity contribution in [3.8, 4) is 0 Å². The van der Waals surface area contributed by atoms with Crippen molar-refractivity contribution in [1.82, 2.24) is 4.98 Å². The molecular formula is C22H16ClFN4O3S. The van der Waals surface area contributed by atoms with E-state index in [1.165, 1.54) is 29.5 Å². The molecule has 1 aromatic heterocycles.